The molecule has 4 aromatic rings. The fourth-order valence-electron chi connectivity index (χ4n) is 6.98. The van der Waals surface area contributed by atoms with E-state index in [0.717, 1.165) is 0 Å². The minimum Gasteiger partial charge on any atom is -0.441 e. The topological polar surface area (TPSA) is 9.23 Å². The highest BCUT2D eigenvalue weighted by Gasteiger charge is 2.61. The van der Waals surface area contributed by atoms with Crippen LogP contribution >= 0.6 is 0 Å². The molecule has 228 valence electrons. The minimum absolute atomic E-state index is 0.0414. The van der Waals surface area contributed by atoms with Gasteiger partial charge in [0, 0.05) is 0 Å². The van der Waals surface area contributed by atoms with Gasteiger partial charge in [-0.3, -0.25) is 0 Å². The summed E-state index contributed by atoms with van der Waals surface area (Å²) in [5.41, 5.74) is 2.68. The Morgan fingerprint density at radius 3 is 0.930 bits per heavy atom. The van der Waals surface area contributed by atoms with E-state index in [0.29, 0.717) is 0 Å². The molecule has 0 N–H and O–H groups in total. The Morgan fingerprint density at radius 2 is 0.651 bits per heavy atom. The Kier molecular flexibility index (Phi) is 8.99. The first kappa shape index (κ1) is 33.2. The molecule has 4 rings (SSSR count). The number of hydrogen-bond donors (Lipinski definition) is 0. The molecule has 0 saturated carbocycles. The van der Waals surface area contributed by atoms with E-state index in [9.17, 15) is 0 Å². The van der Waals surface area contributed by atoms with E-state index in [1.807, 2.05) is 0 Å². The van der Waals surface area contributed by atoms with Crippen LogP contribution in [0.5, 0.6) is 0 Å². The zero-order valence-corrected chi connectivity index (χ0v) is 30.8. The van der Waals surface area contributed by atoms with Crippen molar-refractivity contribution in [1.29, 1.82) is 0 Å². The second-order valence-corrected chi connectivity index (χ2v) is 25.1. The minimum atomic E-state index is -3.03. The normalized spacial score (nSPS) is 15.9. The summed E-state index contributed by atoms with van der Waals surface area (Å²) in [5.74, 6) is 0. The van der Waals surface area contributed by atoms with Crippen LogP contribution in [0.1, 0.15) is 94.2 Å². The van der Waals surface area contributed by atoms with Crippen LogP contribution in [0.25, 0.3) is 0 Å². The second kappa shape index (κ2) is 11.6. The molecule has 3 heteroatoms. The summed E-state index contributed by atoms with van der Waals surface area (Å²) in [6.07, 6.45) is 0. The van der Waals surface area contributed by atoms with Crippen LogP contribution < -0.4 is 20.7 Å². The van der Waals surface area contributed by atoms with Crippen LogP contribution in [0.15, 0.2) is 109 Å². The van der Waals surface area contributed by atoms with Crippen LogP contribution in [0.4, 0.5) is 0 Å². The number of rotatable bonds is 6. The first-order chi connectivity index (χ1) is 19.9. The van der Waals surface area contributed by atoms with Gasteiger partial charge in [0.05, 0.1) is 0 Å². The van der Waals surface area contributed by atoms with Crippen molar-refractivity contribution in [3.8, 4) is 0 Å². The van der Waals surface area contributed by atoms with Crippen LogP contribution in [-0.4, -0.2) is 16.6 Å². The lowest BCUT2D eigenvalue weighted by Crippen LogP contribution is -2.79. The molecule has 0 bridgehead atoms. The van der Waals surface area contributed by atoms with Crippen LogP contribution in [0, 0.1) is 0 Å². The van der Waals surface area contributed by atoms with E-state index in [1.54, 1.807) is 0 Å². The summed E-state index contributed by atoms with van der Waals surface area (Å²) in [6.45, 7) is 28.6. The van der Waals surface area contributed by atoms with Crippen molar-refractivity contribution in [2.75, 3.05) is 0 Å². The molecular formula is C40H54OSi2. The van der Waals surface area contributed by atoms with Crippen LogP contribution in [0.3, 0.4) is 0 Å². The molecule has 0 aliphatic carbocycles. The third kappa shape index (κ3) is 6.01. The molecular weight excluding hydrogens is 553 g/mol. The lowest BCUT2D eigenvalue weighted by atomic mass is 9.87. The van der Waals surface area contributed by atoms with Crippen molar-refractivity contribution in [3.63, 3.8) is 0 Å². The number of benzene rings is 4. The second-order valence-electron chi connectivity index (χ2n) is 16.3. The van der Waals surface area contributed by atoms with Gasteiger partial charge >= 0.3 is 0 Å². The van der Waals surface area contributed by atoms with Gasteiger partial charge in [0.25, 0.3) is 16.6 Å². The Labute approximate surface area is 265 Å². The summed E-state index contributed by atoms with van der Waals surface area (Å²) in [6, 6.07) is 40.9. The maximum Gasteiger partial charge on any atom is 0.251 e. The lowest BCUT2D eigenvalue weighted by Gasteiger charge is -2.55. The molecule has 0 spiro atoms. The van der Waals surface area contributed by atoms with Gasteiger partial charge in [-0.25, -0.2) is 0 Å². The Bertz CT molecular complexity index is 1400. The van der Waals surface area contributed by atoms with E-state index in [2.05, 4.69) is 192 Å². The van der Waals surface area contributed by atoms with E-state index < -0.39 is 16.6 Å². The van der Waals surface area contributed by atoms with Crippen molar-refractivity contribution in [3.05, 3.63) is 120 Å². The third-order valence-electron chi connectivity index (χ3n) is 9.01. The fraction of sp³-hybridized carbons (Fsp3) is 0.400. The van der Waals surface area contributed by atoms with Crippen LogP contribution in [0.2, 0.25) is 10.1 Å². The highest BCUT2D eigenvalue weighted by Crippen LogP contribution is 2.46. The molecule has 0 aliphatic heterocycles. The van der Waals surface area contributed by atoms with E-state index >= 15 is 0 Å². The maximum absolute atomic E-state index is 8.65. The highest BCUT2D eigenvalue weighted by molar-refractivity contribution is 7.11. The Balaban J connectivity index is 2.30. The highest BCUT2D eigenvalue weighted by atomic mass is 28.4. The van der Waals surface area contributed by atoms with Crippen molar-refractivity contribution >= 4 is 37.4 Å². The lowest BCUT2D eigenvalue weighted by molar-refractivity contribution is 0.471. The van der Waals surface area contributed by atoms with Crippen molar-refractivity contribution in [1.82, 2.24) is 0 Å². The van der Waals surface area contributed by atoms with Crippen LogP contribution in [-0.2, 0) is 14.9 Å². The molecule has 0 saturated heterocycles. The van der Waals surface area contributed by atoms with Gasteiger partial charge < -0.3 is 4.12 Å². The van der Waals surface area contributed by atoms with E-state index in [4.69, 9.17) is 4.12 Å². The van der Waals surface area contributed by atoms with Gasteiger partial charge in [0.1, 0.15) is 0 Å². The summed E-state index contributed by atoms with van der Waals surface area (Å²) < 4.78 is 8.65. The van der Waals surface area contributed by atoms with Crippen molar-refractivity contribution < 1.29 is 4.12 Å². The smallest absolute Gasteiger partial charge is 0.251 e. The predicted molar refractivity (Wildman–Crippen MR) is 194 cm³/mol. The largest absolute Gasteiger partial charge is 0.441 e. The van der Waals surface area contributed by atoms with E-state index in [1.165, 1.54) is 31.9 Å². The molecule has 0 fully saturated rings. The summed E-state index contributed by atoms with van der Waals surface area (Å²) in [7, 11) is -6.07. The Morgan fingerprint density at radius 1 is 0.372 bits per heavy atom. The molecule has 0 amide bonds. The summed E-state index contributed by atoms with van der Waals surface area (Å²) >= 11 is 0. The molecule has 0 aromatic heterocycles. The number of hydrogen-bond acceptors (Lipinski definition) is 1. The zero-order chi connectivity index (χ0) is 31.9. The molecule has 0 heterocycles. The van der Waals surface area contributed by atoms with Gasteiger partial charge in [-0.05, 0) is 52.8 Å². The molecule has 0 radical (unpaired) electrons. The van der Waals surface area contributed by atoms with Gasteiger partial charge in [0.15, 0.2) is 0 Å². The standard InChI is InChI=1S/C40H54OSi2/c1-37(2,3)33-27-19-21-29-35(33)42(39(7,8)9,31-23-15-13-16-24-31)41-43(40(10,11)12,32-25-17-14-18-26-32)36-30-22-20-28-34(36)38(4,5)6/h13-30H,1-12H3. The predicted octanol–water partition coefficient (Wildman–Crippen LogP) is 8.72. The SMILES string of the molecule is CC(C)(C)c1ccccc1[Si](O[Si](c1ccccc1)(c1ccccc1C(C)(C)C)C(C)(C)C)(c1ccccc1)C(C)(C)C. The van der Waals surface area contributed by atoms with Gasteiger partial charge in [0.2, 0.25) is 0 Å². The van der Waals surface area contributed by atoms with Gasteiger partial charge in [-0.15, -0.1) is 0 Å². The monoisotopic (exact) mass is 606 g/mol. The first-order valence-electron chi connectivity index (χ1n) is 15.9. The molecule has 0 aliphatic rings. The summed E-state index contributed by atoms with van der Waals surface area (Å²) in [5, 5.41) is 5.14. The Hall–Kier alpha value is -2.73. The molecule has 43 heavy (non-hydrogen) atoms. The molecule has 4 aromatic carbocycles. The molecule has 2 unspecified atom stereocenters. The fourth-order valence-corrected chi connectivity index (χ4v) is 20.7. The quantitative estimate of drug-likeness (QED) is 0.200. The van der Waals surface area contributed by atoms with Crippen molar-refractivity contribution in [2.45, 2.75) is 104 Å². The first-order valence-corrected chi connectivity index (χ1v) is 19.7. The average Bonchev–Trinajstić information content (AvgIpc) is 2.93. The zero-order valence-electron chi connectivity index (χ0n) is 28.8. The average molecular weight is 607 g/mol. The summed E-state index contributed by atoms with van der Waals surface area (Å²) in [4.78, 5) is 0. The van der Waals surface area contributed by atoms with E-state index in [-0.39, 0.29) is 20.9 Å². The van der Waals surface area contributed by atoms with Crippen molar-refractivity contribution in [2.24, 2.45) is 0 Å². The maximum atomic E-state index is 8.65. The van der Waals surface area contributed by atoms with Gasteiger partial charge in [-0.2, -0.15) is 0 Å². The third-order valence-corrected chi connectivity index (χ3v) is 20.4. The molecule has 2 atom stereocenters. The van der Waals surface area contributed by atoms with Gasteiger partial charge in [-0.1, -0.05) is 192 Å². The molecule has 1 nitrogen and oxygen atoms in total.